The van der Waals surface area contributed by atoms with Crippen molar-refractivity contribution in [3.63, 3.8) is 0 Å². The third-order valence-corrected chi connectivity index (χ3v) is 2.25. The zero-order chi connectivity index (χ0) is 12.0. The predicted molar refractivity (Wildman–Crippen MR) is 67.9 cm³/mol. The maximum Gasteiger partial charge on any atom is 0.154 e. The number of hydrogen-bond donors (Lipinski definition) is 2. The molecular formula is C12H15F2NS. The van der Waals surface area contributed by atoms with Crippen LogP contribution < -0.4 is 5.32 Å². The Morgan fingerprint density at radius 3 is 2.81 bits per heavy atom. The van der Waals surface area contributed by atoms with Crippen LogP contribution in [0.4, 0.5) is 14.5 Å². The lowest BCUT2D eigenvalue weighted by Gasteiger charge is -2.07. The van der Waals surface area contributed by atoms with Crippen LogP contribution in [0.1, 0.15) is 25.3 Å². The maximum absolute atomic E-state index is 13.5. The second-order valence-electron chi connectivity index (χ2n) is 3.49. The molecule has 0 radical (unpaired) electrons. The molecule has 1 nitrogen and oxygen atoms in total. The van der Waals surface area contributed by atoms with Crippen molar-refractivity contribution in [3.05, 3.63) is 34.7 Å². The largest absolute Gasteiger partial charge is 0.383 e. The first-order valence-electron chi connectivity index (χ1n) is 5.23. The van der Waals surface area contributed by atoms with E-state index in [9.17, 15) is 8.78 Å². The molecule has 0 heterocycles. The first-order valence-corrected chi connectivity index (χ1v) is 5.67. The third-order valence-electron chi connectivity index (χ3n) is 2.12. The third kappa shape index (κ3) is 4.23. The molecule has 0 aliphatic heterocycles. The molecule has 0 bridgehead atoms. The van der Waals surface area contributed by atoms with Crippen LogP contribution >= 0.6 is 12.6 Å². The summed E-state index contributed by atoms with van der Waals surface area (Å²) in [5.74, 6) is -0.376. The van der Waals surface area contributed by atoms with Crippen LogP contribution in [0.25, 0.3) is 6.08 Å². The average molecular weight is 243 g/mol. The van der Waals surface area contributed by atoms with Crippen molar-refractivity contribution in [2.45, 2.75) is 19.8 Å². The average Bonchev–Trinajstić information content (AvgIpc) is 2.20. The van der Waals surface area contributed by atoms with Gasteiger partial charge in [-0.2, -0.15) is 4.39 Å². The van der Waals surface area contributed by atoms with Crippen molar-refractivity contribution in [2.75, 3.05) is 11.9 Å². The van der Waals surface area contributed by atoms with Crippen molar-refractivity contribution in [2.24, 2.45) is 0 Å². The standard InChI is InChI=1S/C12H15F2NS/c1-2-3-6-15-11-5-4-9(7-10(11)13)8-12(14)16/h4-5,7-8,15-16H,2-3,6H2,1H3/b12-8+. The Morgan fingerprint density at radius 2 is 2.25 bits per heavy atom. The van der Waals surface area contributed by atoms with Gasteiger partial charge in [-0.1, -0.05) is 19.4 Å². The summed E-state index contributed by atoms with van der Waals surface area (Å²) >= 11 is 3.49. The molecule has 1 aromatic carbocycles. The number of benzene rings is 1. The first-order chi connectivity index (χ1) is 7.63. The fourth-order valence-electron chi connectivity index (χ4n) is 1.30. The highest BCUT2D eigenvalue weighted by Crippen LogP contribution is 2.18. The van der Waals surface area contributed by atoms with Crippen molar-refractivity contribution in [1.29, 1.82) is 0 Å². The maximum atomic E-state index is 13.5. The van der Waals surface area contributed by atoms with E-state index < -0.39 is 5.16 Å². The van der Waals surface area contributed by atoms with E-state index in [0.29, 0.717) is 11.3 Å². The van der Waals surface area contributed by atoms with E-state index in [-0.39, 0.29) is 5.82 Å². The number of anilines is 1. The van der Waals surface area contributed by atoms with Gasteiger partial charge in [-0.3, -0.25) is 0 Å². The number of nitrogens with one attached hydrogen (secondary N) is 1. The summed E-state index contributed by atoms with van der Waals surface area (Å²) < 4.78 is 25.9. The first kappa shape index (κ1) is 13.0. The molecule has 0 fully saturated rings. The molecule has 0 saturated heterocycles. The molecular weight excluding hydrogens is 228 g/mol. The SMILES string of the molecule is CCCCNc1ccc(/C=C(\F)S)cc1F. The van der Waals surface area contributed by atoms with Crippen LogP contribution in [0.3, 0.4) is 0 Å². The summed E-state index contributed by atoms with van der Waals surface area (Å²) in [6.07, 6.45) is 3.22. The molecule has 0 atom stereocenters. The normalized spacial score (nSPS) is 11.6. The van der Waals surface area contributed by atoms with Crippen LogP contribution in [-0.4, -0.2) is 6.54 Å². The van der Waals surface area contributed by atoms with Crippen molar-refractivity contribution < 1.29 is 8.78 Å². The fraction of sp³-hybridized carbons (Fsp3) is 0.333. The van der Waals surface area contributed by atoms with Crippen LogP contribution in [0.2, 0.25) is 0 Å². The minimum atomic E-state index is -0.633. The second-order valence-corrected chi connectivity index (χ2v) is 3.91. The van der Waals surface area contributed by atoms with Crippen LogP contribution in [-0.2, 0) is 0 Å². The Labute approximate surface area is 100.0 Å². The Hall–Kier alpha value is -1.03. The second kappa shape index (κ2) is 6.53. The number of halogens is 2. The van der Waals surface area contributed by atoms with Gasteiger partial charge in [0, 0.05) is 6.54 Å². The molecule has 1 N–H and O–H groups in total. The number of rotatable bonds is 5. The number of thiol groups is 1. The van der Waals surface area contributed by atoms with Gasteiger partial charge < -0.3 is 5.32 Å². The minimum absolute atomic E-state index is 0.376. The molecule has 0 aromatic heterocycles. The summed E-state index contributed by atoms with van der Waals surface area (Å²) in [6, 6.07) is 4.53. The lowest BCUT2D eigenvalue weighted by Crippen LogP contribution is -2.02. The van der Waals surface area contributed by atoms with Gasteiger partial charge in [0.25, 0.3) is 0 Å². The lowest BCUT2D eigenvalue weighted by molar-refractivity contribution is 0.629. The van der Waals surface area contributed by atoms with Gasteiger partial charge in [0.15, 0.2) is 5.16 Å². The fourth-order valence-corrected chi connectivity index (χ4v) is 1.45. The van der Waals surface area contributed by atoms with Gasteiger partial charge in [-0.25, -0.2) is 4.39 Å². The monoisotopic (exact) mass is 243 g/mol. The Balaban J connectivity index is 2.71. The molecule has 0 spiro atoms. The molecule has 0 saturated carbocycles. The summed E-state index contributed by atoms with van der Waals surface area (Å²) in [5.41, 5.74) is 0.913. The van der Waals surface area contributed by atoms with Crippen molar-refractivity contribution >= 4 is 24.4 Å². The summed E-state index contributed by atoms with van der Waals surface area (Å²) in [7, 11) is 0. The Bertz CT molecular complexity index is 373. The molecule has 88 valence electrons. The van der Waals surface area contributed by atoms with Gasteiger partial charge in [-0.15, -0.1) is 12.6 Å². The molecule has 0 aliphatic rings. The van der Waals surface area contributed by atoms with Crippen LogP contribution in [0, 0.1) is 5.82 Å². The minimum Gasteiger partial charge on any atom is -0.383 e. The van der Waals surface area contributed by atoms with E-state index in [2.05, 4.69) is 24.9 Å². The highest BCUT2D eigenvalue weighted by molar-refractivity contribution is 7.84. The van der Waals surface area contributed by atoms with Crippen molar-refractivity contribution in [1.82, 2.24) is 0 Å². The van der Waals surface area contributed by atoms with Crippen LogP contribution in [0.15, 0.2) is 23.4 Å². The Morgan fingerprint density at radius 1 is 1.50 bits per heavy atom. The highest BCUT2D eigenvalue weighted by Gasteiger charge is 2.02. The molecule has 1 aromatic rings. The highest BCUT2D eigenvalue weighted by atomic mass is 32.1. The van der Waals surface area contributed by atoms with Crippen molar-refractivity contribution in [3.8, 4) is 0 Å². The molecule has 0 amide bonds. The quantitative estimate of drug-likeness (QED) is 0.582. The number of unbranched alkanes of at least 4 members (excludes halogenated alkanes) is 1. The topological polar surface area (TPSA) is 12.0 Å². The summed E-state index contributed by atoms with van der Waals surface area (Å²) in [5, 5.41) is 2.35. The van der Waals surface area contributed by atoms with E-state index in [4.69, 9.17) is 0 Å². The zero-order valence-electron chi connectivity index (χ0n) is 9.13. The van der Waals surface area contributed by atoms with Gasteiger partial charge >= 0.3 is 0 Å². The summed E-state index contributed by atoms with van der Waals surface area (Å²) in [4.78, 5) is 0. The summed E-state index contributed by atoms with van der Waals surface area (Å²) in [6.45, 7) is 2.81. The van der Waals surface area contributed by atoms with Gasteiger partial charge in [0.05, 0.1) is 5.69 Å². The van der Waals surface area contributed by atoms with Gasteiger partial charge in [0.2, 0.25) is 0 Å². The van der Waals surface area contributed by atoms with E-state index in [0.717, 1.165) is 19.4 Å². The molecule has 16 heavy (non-hydrogen) atoms. The van der Waals surface area contributed by atoms with Gasteiger partial charge in [-0.05, 0) is 30.2 Å². The smallest absolute Gasteiger partial charge is 0.154 e. The zero-order valence-corrected chi connectivity index (χ0v) is 10.0. The Kier molecular flexibility index (Phi) is 5.32. The van der Waals surface area contributed by atoms with E-state index in [1.807, 2.05) is 0 Å². The lowest BCUT2D eigenvalue weighted by atomic mass is 10.2. The van der Waals surface area contributed by atoms with E-state index in [1.54, 1.807) is 12.1 Å². The van der Waals surface area contributed by atoms with Crippen LogP contribution in [0.5, 0.6) is 0 Å². The van der Waals surface area contributed by atoms with Gasteiger partial charge in [0.1, 0.15) is 5.82 Å². The molecule has 1 rings (SSSR count). The molecule has 0 aliphatic carbocycles. The van der Waals surface area contributed by atoms with E-state index in [1.165, 1.54) is 12.1 Å². The number of hydrogen-bond acceptors (Lipinski definition) is 2. The molecule has 0 unspecified atom stereocenters. The van der Waals surface area contributed by atoms with E-state index >= 15 is 0 Å². The predicted octanol–water partition coefficient (Wildman–Crippen LogP) is 4.24. The molecule has 4 heteroatoms.